The average Bonchev–Trinajstić information content (AvgIpc) is 2.70. The highest BCUT2D eigenvalue weighted by atomic mass is 32.2. The summed E-state index contributed by atoms with van der Waals surface area (Å²) in [4.78, 5) is 39.7. The van der Waals surface area contributed by atoms with Crippen LogP contribution in [0.2, 0.25) is 0 Å². The predicted molar refractivity (Wildman–Crippen MR) is 125 cm³/mol. The second kappa shape index (κ2) is 11.6. The second-order valence-electron chi connectivity index (χ2n) is 8.37. The Bertz CT molecular complexity index is 1130. The molecule has 0 aliphatic rings. The van der Waals surface area contributed by atoms with Crippen LogP contribution in [0.25, 0.3) is 10.9 Å². The highest BCUT2D eigenvalue weighted by Crippen LogP contribution is 2.21. The number of amides is 3. The minimum atomic E-state index is -4.12. The van der Waals surface area contributed by atoms with Gasteiger partial charge in [-0.05, 0) is 52.2 Å². The summed E-state index contributed by atoms with van der Waals surface area (Å²) in [6, 6.07) is 7.79. The van der Waals surface area contributed by atoms with Gasteiger partial charge < -0.3 is 20.5 Å². The summed E-state index contributed by atoms with van der Waals surface area (Å²) in [7, 11) is -4.12. The Balaban J connectivity index is 1.87. The lowest BCUT2D eigenvalue weighted by Gasteiger charge is -2.19. The molecule has 0 radical (unpaired) electrons. The summed E-state index contributed by atoms with van der Waals surface area (Å²) in [5, 5.41) is 14.8. The molecule has 0 saturated carbocycles. The number of ether oxygens (including phenoxy) is 1. The molecule has 2 rings (SSSR count). The van der Waals surface area contributed by atoms with Gasteiger partial charge in [-0.2, -0.15) is 13.1 Å². The number of nitrogens with one attached hydrogen (secondary N) is 4. The molecule has 0 fully saturated rings. The molecule has 1 aromatic heterocycles. The maximum atomic E-state index is 12.7. The van der Waals surface area contributed by atoms with Crippen molar-refractivity contribution in [2.24, 2.45) is 0 Å². The van der Waals surface area contributed by atoms with Crippen LogP contribution in [0.5, 0.6) is 0 Å². The van der Waals surface area contributed by atoms with Crippen LogP contribution in [0.15, 0.2) is 36.5 Å². The van der Waals surface area contributed by atoms with Crippen molar-refractivity contribution >= 4 is 44.9 Å². The number of aromatic nitrogens is 1. The summed E-state index contributed by atoms with van der Waals surface area (Å²) in [5.74, 6) is -0.562. The van der Waals surface area contributed by atoms with E-state index in [-0.39, 0.29) is 19.4 Å². The lowest BCUT2D eigenvalue weighted by atomic mass is 10.1. The Hall–Kier alpha value is -3.45. The van der Waals surface area contributed by atoms with E-state index in [1.807, 2.05) is 12.1 Å². The zero-order valence-electron chi connectivity index (χ0n) is 19.1. The normalized spacial score (nSPS) is 12.6. The van der Waals surface area contributed by atoms with Crippen molar-refractivity contribution in [3.63, 3.8) is 0 Å². The third kappa shape index (κ3) is 9.19. The third-order valence-electron chi connectivity index (χ3n) is 4.33. The largest absolute Gasteiger partial charge is 0.465 e. The van der Waals surface area contributed by atoms with E-state index < -0.39 is 39.9 Å². The molecule has 5 N–H and O–H groups in total. The van der Waals surface area contributed by atoms with Crippen molar-refractivity contribution in [1.29, 1.82) is 0 Å². The fraction of sp³-hybridized carbons (Fsp3) is 0.429. The van der Waals surface area contributed by atoms with Gasteiger partial charge in [0.2, 0.25) is 5.91 Å². The van der Waals surface area contributed by atoms with Gasteiger partial charge in [0.1, 0.15) is 11.6 Å². The van der Waals surface area contributed by atoms with Crippen LogP contribution in [0.1, 0.15) is 40.0 Å². The summed E-state index contributed by atoms with van der Waals surface area (Å²) < 4.78 is 32.6. The van der Waals surface area contributed by atoms with Gasteiger partial charge in [-0.1, -0.05) is 18.2 Å². The molecule has 2 aromatic rings. The molecule has 0 spiro atoms. The quantitative estimate of drug-likeness (QED) is 0.312. The smallest absolute Gasteiger partial charge is 0.422 e. The van der Waals surface area contributed by atoms with Crippen LogP contribution in [-0.4, -0.2) is 54.8 Å². The number of carboxylic acid groups (broad SMARTS) is 1. The maximum Gasteiger partial charge on any atom is 0.422 e. The Morgan fingerprint density at radius 2 is 1.82 bits per heavy atom. The summed E-state index contributed by atoms with van der Waals surface area (Å²) in [6.45, 7) is 4.76. The number of carbonyl (C=O) groups excluding carboxylic acids is 2. The van der Waals surface area contributed by atoms with E-state index in [9.17, 15) is 22.8 Å². The number of hydrogen-bond donors (Lipinski definition) is 5. The minimum absolute atomic E-state index is 0.0349. The maximum absolute atomic E-state index is 12.7. The molecule has 186 valence electrons. The van der Waals surface area contributed by atoms with Gasteiger partial charge in [0, 0.05) is 18.1 Å². The number of para-hydroxylation sites is 1. The Morgan fingerprint density at radius 3 is 2.50 bits per heavy atom. The molecule has 3 amide bonds. The van der Waals surface area contributed by atoms with Crippen LogP contribution in [0.4, 0.5) is 15.3 Å². The molecule has 1 aromatic carbocycles. The number of carbonyl (C=O) groups is 3. The molecule has 12 nitrogen and oxygen atoms in total. The predicted octanol–water partition coefficient (Wildman–Crippen LogP) is 2.34. The van der Waals surface area contributed by atoms with E-state index in [4.69, 9.17) is 9.84 Å². The Kier molecular flexibility index (Phi) is 9.15. The number of hydrogen-bond acceptors (Lipinski definition) is 7. The first-order valence-electron chi connectivity index (χ1n) is 10.5. The fourth-order valence-corrected chi connectivity index (χ4v) is 3.71. The topological polar surface area (TPSA) is 176 Å². The molecule has 0 bridgehead atoms. The van der Waals surface area contributed by atoms with Crippen LogP contribution in [0, 0.1) is 0 Å². The van der Waals surface area contributed by atoms with Gasteiger partial charge in [-0.3, -0.25) is 9.78 Å². The van der Waals surface area contributed by atoms with E-state index in [0.717, 1.165) is 5.39 Å². The monoisotopic (exact) mass is 495 g/mol. The van der Waals surface area contributed by atoms with Crippen LogP contribution >= 0.6 is 0 Å². The standard InChI is InChI=1S/C21H29N5O7S/c1-21(2,3)33-20(30)26-34(31,32)23-13-5-4-10-16(25-19(28)29)18(27)24-15-11-6-8-14-9-7-12-22-17(14)15/h6-9,11-12,16,23,25H,4-5,10,13H2,1-3H3,(H,24,27)(H,26,30)(H,28,29). The van der Waals surface area contributed by atoms with E-state index >= 15 is 0 Å². The zero-order chi connectivity index (χ0) is 25.4. The minimum Gasteiger partial charge on any atom is -0.465 e. The van der Waals surface area contributed by atoms with E-state index in [0.29, 0.717) is 17.6 Å². The summed E-state index contributed by atoms with van der Waals surface area (Å²) in [6.07, 6.45) is -0.151. The lowest BCUT2D eigenvalue weighted by molar-refractivity contribution is -0.118. The molecular weight excluding hydrogens is 466 g/mol. The van der Waals surface area contributed by atoms with E-state index in [1.54, 1.807) is 49.9 Å². The van der Waals surface area contributed by atoms with Crippen molar-refractivity contribution in [3.8, 4) is 0 Å². The third-order valence-corrected chi connectivity index (χ3v) is 5.35. The molecule has 34 heavy (non-hydrogen) atoms. The number of benzene rings is 1. The number of rotatable bonds is 10. The van der Waals surface area contributed by atoms with E-state index in [2.05, 4.69) is 20.3 Å². The number of nitrogens with zero attached hydrogens (tertiary/aromatic N) is 1. The zero-order valence-corrected chi connectivity index (χ0v) is 19.9. The van der Waals surface area contributed by atoms with Crippen LogP contribution in [-0.2, 0) is 19.7 Å². The number of fused-ring (bicyclic) bond motifs is 1. The van der Waals surface area contributed by atoms with Crippen molar-refractivity contribution < 1.29 is 32.6 Å². The van der Waals surface area contributed by atoms with Gasteiger partial charge in [0.05, 0.1) is 11.2 Å². The highest BCUT2D eigenvalue weighted by molar-refractivity contribution is 7.88. The molecule has 0 aliphatic heterocycles. The second-order valence-corrected chi connectivity index (χ2v) is 9.87. The molecular formula is C21H29N5O7S. The summed E-state index contributed by atoms with van der Waals surface area (Å²) in [5.41, 5.74) is 0.162. The Labute approximate surface area is 197 Å². The molecule has 13 heteroatoms. The lowest BCUT2D eigenvalue weighted by Crippen LogP contribution is -2.44. The van der Waals surface area contributed by atoms with Crippen LogP contribution in [0.3, 0.4) is 0 Å². The van der Waals surface area contributed by atoms with E-state index in [1.165, 1.54) is 0 Å². The SMILES string of the molecule is CC(C)(C)OC(=O)NS(=O)(=O)NCCCCC(NC(=O)O)C(=O)Nc1cccc2cccnc12. The molecule has 1 unspecified atom stereocenters. The van der Waals surface area contributed by atoms with Crippen molar-refractivity contribution in [3.05, 3.63) is 36.5 Å². The molecule has 0 saturated heterocycles. The molecule has 1 heterocycles. The van der Waals surface area contributed by atoms with Gasteiger partial charge in [0.25, 0.3) is 0 Å². The van der Waals surface area contributed by atoms with Gasteiger partial charge in [0.15, 0.2) is 0 Å². The van der Waals surface area contributed by atoms with Crippen molar-refractivity contribution in [2.45, 2.75) is 51.7 Å². The fourth-order valence-electron chi connectivity index (χ4n) is 2.97. The molecule has 1 atom stereocenters. The first-order valence-corrected chi connectivity index (χ1v) is 12.0. The van der Waals surface area contributed by atoms with Crippen molar-refractivity contribution in [1.82, 2.24) is 19.7 Å². The van der Waals surface area contributed by atoms with Crippen LogP contribution < -0.4 is 20.1 Å². The van der Waals surface area contributed by atoms with Gasteiger partial charge in [-0.15, -0.1) is 0 Å². The first kappa shape index (κ1) is 26.8. The van der Waals surface area contributed by atoms with Gasteiger partial charge in [-0.25, -0.2) is 14.3 Å². The Morgan fingerprint density at radius 1 is 1.12 bits per heavy atom. The average molecular weight is 496 g/mol. The number of pyridine rings is 1. The number of anilines is 1. The molecule has 0 aliphatic carbocycles. The number of unbranched alkanes of at least 4 members (excludes halogenated alkanes) is 1. The first-order chi connectivity index (χ1) is 15.9. The summed E-state index contributed by atoms with van der Waals surface area (Å²) >= 11 is 0. The van der Waals surface area contributed by atoms with Gasteiger partial charge >= 0.3 is 22.4 Å². The highest BCUT2D eigenvalue weighted by Gasteiger charge is 2.22. The van der Waals surface area contributed by atoms with Crippen molar-refractivity contribution in [2.75, 3.05) is 11.9 Å².